The van der Waals surface area contributed by atoms with Crippen LogP contribution in [-0.2, 0) is 6.42 Å². The van der Waals surface area contributed by atoms with Crippen LogP contribution in [-0.4, -0.2) is 31.6 Å². The molecule has 0 N–H and O–H groups in total. The van der Waals surface area contributed by atoms with Gasteiger partial charge in [-0.3, -0.25) is 0 Å². The van der Waals surface area contributed by atoms with Crippen LogP contribution in [0.3, 0.4) is 0 Å². The maximum absolute atomic E-state index is 5.46. The van der Waals surface area contributed by atoms with Crippen LogP contribution in [0, 0.1) is 20.8 Å². The Balaban J connectivity index is 2.91. The summed E-state index contributed by atoms with van der Waals surface area (Å²) in [6.07, 6.45) is 1.10. The average molecular weight is 249 g/mol. The van der Waals surface area contributed by atoms with Crippen molar-refractivity contribution in [3.05, 3.63) is 28.3 Å². The van der Waals surface area contributed by atoms with Gasteiger partial charge < -0.3 is 9.64 Å². The molecule has 0 heterocycles. The first-order chi connectivity index (χ1) is 8.38. The molecular weight excluding hydrogens is 222 g/mol. The van der Waals surface area contributed by atoms with Gasteiger partial charge in [-0.2, -0.15) is 0 Å². The Labute approximate surface area is 112 Å². The molecule has 0 atom stereocenters. The topological polar surface area (TPSA) is 12.5 Å². The van der Waals surface area contributed by atoms with Gasteiger partial charge in [0.15, 0.2) is 0 Å². The van der Waals surface area contributed by atoms with Crippen LogP contribution in [0.25, 0.3) is 0 Å². The number of methoxy groups -OCH3 is 1. The minimum Gasteiger partial charge on any atom is -0.496 e. The molecule has 1 aromatic carbocycles. The lowest BCUT2D eigenvalue weighted by atomic mass is 9.96. The fourth-order valence-electron chi connectivity index (χ4n) is 2.27. The van der Waals surface area contributed by atoms with Crippen molar-refractivity contribution in [2.45, 2.75) is 47.1 Å². The average Bonchev–Trinajstić information content (AvgIpc) is 2.32. The Morgan fingerprint density at radius 3 is 2.28 bits per heavy atom. The molecule has 0 fully saturated rings. The summed E-state index contributed by atoms with van der Waals surface area (Å²) in [6, 6.07) is 2.88. The molecule has 0 spiro atoms. The molecule has 2 nitrogen and oxygen atoms in total. The van der Waals surface area contributed by atoms with Gasteiger partial charge in [0.1, 0.15) is 5.75 Å². The lowest BCUT2D eigenvalue weighted by molar-refractivity contribution is 0.277. The van der Waals surface area contributed by atoms with Crippen molar-refractivity contribution in [3.8, 4) is 5.75 Å². The van der Waals surface area contributed by atoms with E-state index in [1.165, 1.54) is 22.3 Å². The predicted octanol–water partition coefficient (Wildman–Crippen LogP) is 3.50. The van der Waals surface area contributed by atoms with Crippen molar-refractivity contribution in [1.82, 2.24) is 4.90 Å². The molecule has 1 aromatic rings. The van der Waals surface area contributed by atoms with Crippen LogP contribution in [0.1, 0.15) is 36.1 Å². The van der Waals surface area contributed by atoms with E-state index in [0.717, 1.165) is 18.7 Å². The normalized spacial score (nSPS) is 11.4. The Kier molecular flexibility index (Phi) is 5.21. The van der Waals surface area contributed by atoms with Crippen molar-refractivity contribution in [3.63, 3.8) is 0 Å². The first kappa shape index (κ1) is 15.0. The van der Waals surface area contributed by atoms with Crippen LogP contribution >= 0.6 is 0 Å². The zero-order valence-corrected chi connectivity index (χ0v) is 12.9. The van der Waals surface area contributed by atoms with E-state index in [0.29, 0.717) is 6.04 Å². The monoisotopic (exact) mass is 249 g/mol. The van der Waals surface area contributed by atoms with Crippen LogP contribution in [0.15, 0.2) is 6.07 Å². The van der Waals surface area contributed by atoms with Crippen molar-refractivity contribution in [2.24, 2.45) is 0 Å². The third-order valence-corrected chi connectivity index (χ3v) is 3.95. The third kappa shape index (κ3) is 3.26. The maximum atomic E-state index is 5.46. The highest BCUT2D eigenvalue weighted by molar-refractivity contribution is 5.49. The van der Waals surface area contributed by atoms with Gasteiger partial charge in [0, 0.05) is 12.6 Å². The largest absolute Gasteiger partial charge is 0.496 e. The fraction of sp³-hybridized carbons (Fsp3) is 0.625. The van der Waals surface area contributed by atoms with E-state index in [2.05, 4.69) is 52.6 Å². The Morgan fingerprint density at radius 1 is 1.17 bits per heavy atom. The number of likely N-dealkylation sites (N-methyl/N-ethyl adjacent to an activating group) is 1. The molecule has 0 unspecified atom stereocenters. The third-order valence-electron chi connectivity index (χ3n) is 3.95. The first-order valence-corrected chi connectivity index (χ1v) is 6.72. The van der Waals surface area contributed by atoms with Gasteiger partial charge in [-0.25, -0.2) is 0 Å². The number of benzene rings is 1. The summed E-state index contributed by atoms with van der Waals surface area (Å²) >= 11 is 0. The quantitative estimate of drug-likeness (QED) is 0.792. The van der Waals surface area contributed by atoms with Gasteiger partial charge in [-0.1, -0.05) is 6.07 Å². The van der Waals surface area contributed by atoms with Gasteiger partial charge in [-0.05, 0) is 70.3 Å². The molecule has 18 heavy (non-hydrogen) atoms. The molecule has 0 bridgehead atoms. The van der Waals surface area contributed by atoms with Gasteiger partial charge >= 0.3 is 0 Å². The Hall–Kier alpha value is -1.02. The zero-order chi connectivity index (χ0) is 13.9. The summed E-state index contributed by atoms with van der Waals surface area (Å²) in [5, 5.41) is 0. The van der Waals surface area contributed by atoms with Gasteiger partial charge in [0.05, 0.1) is 7.11 Å². The lowest BCUT2D eigenvalue weighted by Gasteiger charge is -2.22. The summed E-state index contributed by atoms with van der Waals surface area (Å²) in [6.45, 7) is 12.0. The van der Waals surface area contributed by atoms with Crippen LogP contribution in [0.4, 0.5) is 0 Å². The van der Waals surface area contributed by atoms with E-state index < -0.39 is 0 Å². The second-order valence-electron chi connectivity index (χ2n) is 5.46. The number of nitrogens with zero attached hydrogens (tertiary/aromatic N) is 1. The summed E-state index contributed by atoms with van der Waals surface area (Å²) in [5.74, 6) is 1.04. The van der Waals surface area contributed by atoms with E-state index >= 15 is 0 Å². The first-order valence-electron chi connectivity index (χ1n) is 6.72. The summed E-state index contributed by atoms with van der Waals surface area (Å²) in [5.41, 5.74) is 5.33. The highest BCUT2D eigenvalue weighted by atomic mass is 16.5. The molecule has 102 valence electrons. The molecular formula is C16H27NO. The van der Waals surface area contributed by atoms with Crippen molar-refractivity contribution in [2.75, 3.05) is 20.7 Å². The molecule has 1 rings (SSSR count). The van der Waals surface area contributed by atoms with Crippen LogP contribution < -0.4 is 4.74 Å². The Bertz CT molecular complexity index is 410. The second kappa shape index (κ2) is 6.24. The highest BCUT2D eigenvalue weighted by Gasteiger charge is 2.11. The van der Waals surface area contributed by atoms with E-state index in [1.54, 1.807) is 7.11 Å². The number of hydrogen-bond donors (Lipinski definition) is 0. The van der Waals surface area contributed by atoms with E-state index in [9.17, 15) is 0 Å². The summed E-state index contributed by atoms with van der Waals surface area (Å²) < 4.78 is 5.46. The van der Waals surface area contributed by atoms with Crippen molar-refractivity contribution >= 4 is 0 Å². The van der Waals surface area contributed by atoms with Crippen LogP contribution in [0.5, 0.6) is 5.75 Å². The predicted molar refractivity (Wildman–Crippen MR) is 78.7 cm³/mol. The van der Waals surface area contributed by atoms with E-state index in [4.69, 9.17) is 4.74 Å². The van der Waals surface area contributed by atoms with Gasteiger partial charge in [0.2, 0.25) is 0 Å². The highest BCUT2D eigenvalue weighted by Crippen LogP contribution is 2.28. The minimum absolute atomic E-state index is 0.603. The standard InChI is InChI=1S/C16H27NO/c1-11(2)17(6)9-8-15-10-12(3)16(18-7)14(5)13(15)4/h10-11H,8-9H2,1-7H3. The molecule has 0 aliphatic carbocycles. The van der Waals surface area contributed by atoms with Crippen molar-refractivity contribution in [1.29, 1.82) is 0 Å². The van der Waals surface area contributed by atoms with Gasteiger partial charge in [0.25, 0.3) is 0 Å². The number of aryl methyl sites for hydroxylation is 1. The van der Waals surface area contributed by atoms with Gasteiger partial charge in [-0.15, -0.1) is 0 Å². The zero-order valence-electron chi connectivity index (χ0n) is 12.9. The molecule has 0 aliphatic rings. The molecule has 2 heteroatoms. The van der Waals surface area contributed by atoms with E-state index in [-0.39, 0.29) is 0 Å². The number of hydrogen-bond acceptors (Lipinski definition) is 2. The summed E-state index contributed by atoms with van der Waals surface area (Å²) in [4.78, 5) is 2.38. The Morgan fingerprint density at radius 2 is 1.78 bits per heavy atom. The maximum Gasteiger partial charge on any atom is 0.124 e. The summed E-state index contributed by atoms with van der Waals surface area (Å²) in [7, 11) is 3.93. The van der Waals surface area contributed by atoms with E-state index in [1.807, 2.05) is 0 Å². The van der Waals surface area contributed by atoms with Crippen molar-refractivity contribution < 1.29 is 4.74 Å². The van der Waals surface area contributed by atoms with Crippen LogP contribution in [0.2, 0.25) is 0 Å². The second-order valence-corrected chi connectivity index (χ2v) is 5.46. The molecule has 0 amide bonds. The lowest BCUT2D eigenvalue weighted by Crippen LogP contribution is -2.28. The molecule has 0 aromatic heterocycles. The SMILES string of the molecule is COc1c(C)cc(CCN(C)C(C)C)c(C)c1C. The molecule has 0 aliphatic heterocycles. The molecule has 0 saturated carbocycles. The smallest absolute Gasteiger partial charge is 0.124 e. The number of ether oxygens (including phenoxy) is 1. The molecule has 0 saturated heterocycles. The number of rotatable bonds is 5. The minimum atomic E-state index is 0.603. The fourth-order valence-corrected chi connectivity index (χ4v) is 2.27. The molecule has 0 radical (unpaired) electrons.